The van der Waals surface area contributed by atoms with Crippen molar-refractivity contribution in [3.05, 3.63) is 0 Å². The van der Waals surface area contributed by atoms with E-state index in [1.165, 1.54) is 0 Å². The van der Waals surface area contributed by atoms with Crippen molar-refractivity contribution in [1.82, 2.24) is 0 Å². The summed E-state index contributed by atoms with van der Waals surface area (Å²) in [5, 5.41) is 0. The summed E-state index contributed by atoms with van der Waals surface area (Å²) in [7, 11) is -4.67. The van der Waals surface area contributed by atoms with Gasteiger partial charge in [0.15, 0.2) is 0 Å². The Morgan fingerprint density at radius 3 is 1.00 bits per heavy atom. The minimum atomic E-state index is -4.67. The molecule has 0 aromatic carbocycles. The summed E-state index contributed by atoms with van der Waals surface area (Å²) in [6, 6.07) is 0. The van der Waals surface area contributed by atoms with Crippen LogP contribution in [0.4, 0.5) is 0 Å². The van der Waals surface area contributed by atoms with E-state index in [0.717, 1.165) is 0 Å². The van der Waals surface area contributed by atoms with Crippen LogP contribution >= 0.6 is 0 Å². The Morgan fingerprint density at radius 2 is 1.00 bits per heavy atom. The summed E-state index contributed by atoms with van der Waals surface area (Å²) in [6.45, 7) is 0. The van der Waals surface area contributed by atoms with Gasteiger partial charge in [-0.15, -0.1) is 0 Å². The Hall–Kier alpha value is 2.08. The minimum Gasteiger partial charge on any atom is -0.264 e. The van der Waals surface area contributed by atoms with Gasteiger partial charge in [-0.2, -0.15) is 8.42 Å². The number of rotatable bonds is 0. The first-order chi connectivity index (χ1) is 2.00. The van der Waals surface area contributed by atoms with Crippen LogP contribution in [0.3, 0.4) is 0 Å². The monoisotopic (exact) mass is 276 g/mol. The molecule has 0 saturated carbocycles. The van der Waals surface area contributed by atoms with Crippen LogP contribution in [0, 0.1) is 0 Å². The summed E-state index contributed by atoms with van der Waals surface area (Å²) in [4.78, 5) is 0. The van der Waals surface area contributed by atoms with Crippen LogP contribution < -0.4 is 0 Å². The molecule has 0 saturated heterocycles. The largest absolute Gasteiger partial charge is 0.394 e. The molecule has 0 atom stereocenters. The van der Waals surface area contributed by atoms with Crippen LogP contribution in [-0.4, -0.2) is 17.5 Å². The topological polar surface area (TPSA) is 74.6 Å². The zero-order valence-corrected chi connectivity index (χ0v) is 9.77. The Bertz CT molecular complexity index is 92.9. The summed E-state index contributed by atoms with van der Waals surface area (Å²) in [6.07, 6.45) is 0. The molecule has 0 fully saturated rings. The first-order valence-electron chi connectivity index (χ1n) is 0.698. The molecule has 0 aliphatic carbocycles. The van der Waals surface area contributed by atoms with Gasteiger partial charge in [0.05, 0.1) is 0 Å². The molecular weight excluding hydrogens is 274 g/mol. The third-order valence-corrected chi connectivity index (χ3v) is 0. The van der Waals surface area contributed by atoms with E-state index in [1.807, 2.05) is 0 Å². The van der Waals surface area contributed by atoms with Gasteiger partial charge in [0.1, 0.15) is 0 Å². The predicted octanol–water partition coefficient (Wildman–Crippen LogP) is -0.658. The van der Waals surface area contributed by atoms with Gasteiger partial charge < -0.3 is 0 Å². The Morgan fingerprint density at radius 1 is 1.00 bits per heavy atom. The molecule has 0 aliphatic rings. The van der Waals surface area contributed by atoms with Crippen LogP contribution in [-0.2, 0) is 75.8 Å². The minimum absolute atomic E-state index is 0. The van der Waals surface area contributed by atoms with E-state index in [2.05, 4.69) is 0 Å². The van der Waals surface area contributed by atoms with Crippen LogP contribution in [0.25, 0.3) is 0 Å². The van der Waals surface area contributed by atoms with Gasteiger partial charge in [0, 0.05) is 65.4 Å². The van der Waals surface area contributed by atoms with Crippen molar-refractivity contribution in [2.75, 3.05) is 0 Å². The maximum atomic E-state index is 8.74. The molecule has 0 unspecified atom stereocenters. The first kappa shape index (κ1) is 16.0. The van der Waals surface area contributed by atoms with E-state index < -0.39 is 10.4 Å². The van der Waals surface area contributed by atoms with E-state index in [0.29, 0.717) is 0 Å². The molecule has 0 amide bonds. The first-order valence-corrected chi connectivity index (χ1v) is 2.10. The zero-order chi connectivity index (χ0) is 4.50. The fraction of sp³-hybridized carbons (Fsp3) is 0. The maximum Gasteiger partial charge on any atom is 0.394 e. The van der Waals surface area contributed by atoms with Crippen molar-refractivity contribution >= 4 is 10.4 Å². The van der Waals surface area contributed by atoms with Gasteiger partial charge in [0.2, 0.25) is 0 Å². The summed E-state index contributed by atoms with van der Waals surface area (Å²) in [5.74, 6) is 0. The average molecular weight is 276 g/mol. The molecule has 2 N–H and O–H groups in total. The SMILES string of the molecule is O=S(=O)(O)O.[Y].[Y]. The van der Waals surface area contributed by atoms with Crippen LogP contribution in [0.1, 0.15) is 0 Å². The second kappa shape index (κ2) is 6.20. The molecule has 7 heteroatoms. The Kier molecular flexibility index (Phi) is 14.2. The van der Waals surface area contributed by atoms with Crippen LogP contribution in [0.5, 0.6) is 0 Å². The van der Waals surface area contributed by atoms with Gasteiger partial charge in [-0.3, -0.25) is 9.11 Å². The molecule has 2 radical (unpaired) electrons. The molecule has 0 rings (SSSR count). The molecule has 0 aromatic rings. The second-order valence-electron chi connectivity index (χ2n) is 0.448. The van der Waals surface area contributed by atoms with Gasteiger partial charge in [-0.25, -0.2) is 0 Å². The second-order valence-corrected chi connectivity index (χ2v) is 1.34. The predicted molar refractivity (Wildman–Crippen MR) is 14.2 cm³/mol. The van der Waals surface area contributed by atoms with Crippen LogP contribution in [0.15, 0.2) is 0 Å². The van der Waals surface area contributed by atoms with Crippen molar-refractivity contribution < 1.29 is 82.9 Å². The molecule has 7 heavy (non-hydrogen) atoms. The quantitative estimate of drug-likeness (QED) is 0.576. The number of hydrogen-bond donors (Lipinski definition) is 2. The molecule has 0 bridgehead atoms. The third-order valence-electron chi connectivity index (χ3n) is 0. The van der Waals surface area contributed by atoms with E-state index in [-0.39, 0.29) is 65.4 Å². The maximum absolute atomic E-state index is 8.74. The van der Waals surface area contributed by atoms with Gasteiger partial charge in [-0.1, -0.05) is 0 Å². The summed E-state index contributed by atoms with van der Waals surface area (Å²) < 4.78 is 31.6. The molecule has 0 aliphatic heterocycles. The van der Waals surface area contributed by atoms with E-state index in [4.69, 9.17) is 17.5 Å². The fourth-order valence-electron chi connectivity index (χ4n) is 0. The number of hydrogen-bond acceptors (Lipinski definition) is 2. The Balaban J connectivity index is -0.0000000800. The molecular formula is H2O4SY2. The van der Waals surface area contributed by atoms with Crippen molar-refractivity contribution in [3.8, 4) is 0 Å². The molecule has 0 spiro atoms. The van der Waals surface area contributed by atoms with Crippen molar-refractivity contribution in [1.29, 1.82) is 0 Å². The van der Waals surface area contributed by atoms with E-state index in [1.54, 1.807) is 0 Å². The van der Waals surface area contributed by atoms with Gasteiger partial charge in [0.25, 0.3) is 0 Å². The van der Waals surface area contributed by atoms with Gasteiger partial charge in [-0.05, 0) is 0 Å². The zero-order valence-electron chi connectivity index (χ0n) is 3.27. The summed E-state index contributed by atoms with van der Waals surface area (Å²) >= 11 is 0. The van der Waals surface area contributed by atoms with E-state index in [9.17, 15) is 0 Å². The van der Waals surface area contributed by atoms with Gasteiger partial charge >= 0.3 is 10.4 Å². The normalized spacial score (nSPS) is 8.29. The third kappa shape index (κ3) is 69.1. The standard InChI is InChI=1S/H2O4S.2Y/c1-5(2,3)4;;/h(H2,1,2,3,4);;. The molecule has 4 nitrogen and oxygen atoms in total. The molecule has 0 aromatic heterocycles. The molecule has 38 valence electrons. The van der Waals surface area contributed by atoms with Crippen molar-refractivity contribution in [2.45, 2.75) is 0 Å². The fourth-order valence-corrected chi connectivity index (χ4v) is 0. The Labute approximate surface area is 91.8 Å². The van der Waals surface area contributed by atoms with Crippen LogP contribution in [0.2, 0.25) is 0 Å². The molecule has 0 heterocycles. The average Bonchev–Trinajstić information content (AvgIpc) is 0.722. The smallest absolute Gasteiger partial charge is 0.264 e. The van der Waals surface area contributed by atoms with E-state index >= 15 is 0 Å². The van der Waals surface area contributed by atoms with Crippen molar-refractivity contribution in [2.24, 2.45) is 0 Å². The van der Waals surface area contributed by atoms with Crippen molar-refractivity contribution in [3.63, 3.8) is 0 Å². The summed E-state index contributed by atoms with van der Waals surface area (Å²) in [5.41, 5.74) is 0.